The molecule has 3 aromatic carbocycles. The number of nitrogens with zero attached hydrogens (tertiary/aromatic N) is 2. The number of carbonyl (C=O) groups is 1. The topological polar surface area (TPSA) is 67.6 Å². The highest BCUT2D eigenvalue weighted by molar-refractivity contribution is 5.95. The van der Waals surface area contributed by atoms with Crippen molar-refractivity contribution < 1.29 is 18.3 Å². The van der Waals surface area contributed by atoms with Crippen molar-refractivity contribution in [1.29, 1.82) is 0 Å². The van der Waals surface area contributed by atoms with Gasteiger partial charge in [-0.25, -0.2) is 9.37 Å². The molecule has 1 N–H and O–H groups in total. The zero-order valence-corrected chi connectivity index (χ0v) is 17.3. The van der Waals surface area contributed by atoms with Gasteiger partial charge in [0.1, 0.15) is 17.4 Å². The molecule has 5 rings (SSSR count). The van der Waals surface area contributed by atoms with Crippen molar-refractivity contribution in [3.05, 3.63) is 84.2 Å². The number of hydrogen-bond donors (Lipinski definition) is 1. The fourth-order valence-corrected chi connectivity index (χ4v) is 3.94. The molecule has 32 heavy (non-hydrogen) atoms. The van der Waals surface area contributed by atoms with Gasteiger partial charge in [-0.05, 0) is 54.1 Å². The van der Waals surface area contributed by atoms with Crippen LogP contribution >= 0.6 is 0 Å². The van der Waals surface area contributed by atoms with Gasteiger partial charge in [0.25, 0.3) is 0 Å². The smallest absolute Gasteiger partial charge is 0.246 e. The van der Waals surface area contributed by atoms with Gasteiger partial charge in [-0.1, -0.05) is 24.3 Å². The number of rotatable bonds is 5. The van der Waals surface area contributed by atoms with Crippen molar-refractivity contribution in [1.82, 2.24) is 9.88 Å². The number of morpholine rings is 1. The Morgan fingerprint density at radius 3 is 2.53 bits per heavy atom. The van der Waals surface area contributed by atoms with Crippen LogP contribution in [0.15, 0.2) is 77.2 Å². The number of benzene rings is 3. The van der Waals surface area contributed by atoms with Gasteiger partial charge in [0, 0.05) is 24.3 Å². The van der Waals surface area contributed by atoms with Crippen molar-refractivity contribution in [2.75, 3.05) is 31.6 Å². The Hall–Kier alpha value is -3.55. The van der Waals surface area contributed by atoms with Gasteiger partial charge in [-0.15, -0.1) is 0 Å². The Bertz CT molecular complexity index is 1200. The second-order valence-electron chi connectivity index (χ2n) is 7.66. The van der Waals surface area contributed by atoms with Crippen molar-refractivity contribution in [2.45, 2.75) is 6.04 Å². The Balaban J connectivity index is 1.36. The van der Waals surface area contributed by atoms with Crippen LogP contribution in [0.1, 0.15) is 11.6 Å². The molecule has 1 aliphatic rings. The van der Waals surface area contributed by atoms with E-state index in [-0.39, 0.29) is 11.7 Å². The fraction of sp³-hybridized carbons (Fsp3) is 0.200. The minimum absolute atomic E-state index is 0.216. The van der Waals surface area contributed by atoms with Crippen LogP contribution in [0.5, 0.6) is 0 Å². The second kappa shape index (κ2) is 8.90. The molecule has 1 fully saturated rings. The number of aromatic nitrogens is 1. The van der Waals surface area contributed by atoms with Crippen LogP contribution in [0.25, 0.3) is 22.6 Å². The van der Waals surface area contributed by atoms with Crippen molar-refractivity contribution in [3.63, 3.8) is 0 Å². The monoisotopic (exact) mass is 431 g/mol. The van der Waals surface area contributed by atoms with E-state index < -0.39 is 6.04 Å². The summed E-state index contributed by atoms with van der Waals surface area (Å²) in [6.45, 7) is 2.28. The molecule has 1 aromatic heterocycles. The van der Waals surface area contributed by atoms with Crippen LogP contribution in [0.4, 0.5) is 10.1 Å². The summed E-state index contributed by atoms with van der Waals surface area (Å²) < 4.78 is 25.1. The predicted molar refractivity (Wildman–Crippen MR) is 120 cm³/mol. The number of anilines is 1. The molecule has 1 amide bonds. The molecule has 1 atom stereocenters. The first-order chi connectivity index (χ1) is 15.7. The number of amides is 1. The number of carbonyl (C=O) groups excluding carboxylic acids is 1. The summed E-state index contributed by atoms with van der Waals surface area (Å²) in [4.78, 5) is 19.8. The summed E-state index contributed by atoms with van der Waals surface area (Å²) in [6.07, 6.45) is 0. The SMILES string of the molecule is O=C(Nc1ccc(-c2nc3ccccc3o2)cc1)C(c1cccc(F)c1)N1CCOCC1. The van der Waals surface area contributed by atoms with Crippen molar-refractivity contribution in [3.8, 4) is 11.5 Å². The lowest BCUT2D eigenvalue weighted by Gasteiger charge is -2.33. The summed E-state index contributed by atoms with van der Waals surface area (Å²) in [5, 5.41) is 2.97. The van der Waals surface area contributed by atoms with E-state index in [1.54, 1.807) is 12.1 Å². The normalized spacial score (nSPS) is 15.5. The molecule has 0 spiro atoms. The molecule has 1 unspecified atom stereocenters. The number of halogens is 1. The van der Waals surface area contributed by atoms with Crippen molar-refractivity contribution >= 4 is 22.7 Å². The Morgan fingerprint density at radius 2 is 1.78 bits per heavy atom. The quantitative estimate of drug-likeness (QED) is 0.498. The highest BCUT2D eigenvalue weighted by Gasteiger charge is 2.29. The third-order valence-corrected chi connectivity index (χ3v) is 5.52. The molecule has 6 nitrogen and oxygen atoms in total. The van der Waals surface area contributed by atoms with Crippen LogP contribution in [-0.4, -0.2) is 42.1 Å². The standard InChI is InChI=1S/C25H22FN3O3/c26-19-5-3-4-18(16-19)23(29-12-14-31-15-13-29)24(30)27-20-10-8-17(9-11-20)25-28-21-6-1-2-7-22(21)32-25/h1-11,16,23H,12-15H2,(H,27,30). The lowest BCUT2D eigenvalue weighted by atomic mass is 10.0. The number of nitrogens with one attached hydrogen (secondary N) is 1. The molecule has 0 aliphatic carbocycles. The van der Waals surface area contributed by atoms with Crippen LogP contribution in [-0.2, 0) is 9.53 Å². The van der Waals surface area contributed by atoms with Gasteiger partial charge in [0.15, 0.2) is 5.58 Å². The van der Waals surface area contributed by atoms with Gasteiger partial charge in [0.2, 0.25) is 11.8 Å². The van der Waals surface area contributed by atoms with Crippen LogP contribution in [0, 0.1) is 5.82 Å². The minimum atomic E-state index is -0.605. The third-order valence-electron chi connectivity index (χ3n) is 5.52. The average Bonchev–Trinajstić information content (AvgIpc) is 3.25. The predicted octanol–water partition coefficient (Wildman–Crippen LogP) is 4.65. The largest absolute Gasteiger partial charge is 0.436 e. The van der Waals surface area contributed by atoms with Gasteiger partial charge in [-0.3, -0.25) is 9.69 Å². The molecule has 4 aromatic rings. The fourth-order valence-electron chi connectivity index (χ4n) is 3.94. The molecule has 7 heteroatoms. The highest BCUT2D eigenvalue weighted by Crippen LogP contribution is 2.27. The summed E-state index contributed by atoms with van der Waals surface area (Å²) in [6, 6.07) is 20.5. The number of fused-ring (bicyclic) bond motifs is 1. The first kappa shape index (κ1) is 20.4. The summed E-state index contributed by atoms with van der Waals surface area (Å²) >= 11 is 0. The molecule has 0 radical (unpaired) electrons. The third kappa shape index (κ3) is 4.26. The van der Waals surface area contributed by atoms with Crippen LogP contribution < -0.4 is 5.32 Å². The van der Waals surface area contributed by atoms with Crippen molar-refractivity contribution in [2.24, 2.45) is 0 Å². The van der Waals surface area contributed by atoms with Crippen LogP contribution in [0.2, 0.25) is 0 Å². The Kier molecular flexibility index (Phi) is 5.66. The summed E-state index contributed by atoms with van der Waals surface area (Å²) in [5.74, 6) is -0.0570. The maximum Gasteiger partial charge on any atom is 0.246 e. The highest BCUT2D eigenvalue weighted by atomic mass is 19.1. The van der Waals surface area contributed by atoms with Gasteiger partial charge >= 0.3 is 0 Å². The van der Waals surface area contributed by atoms with E-state index in [0.717, 1.165) is 16.7 Å². The van der Waals surface area contributed by atoms with E-state index in [0.29, 0.717) is 43.4 Å². The maximum absolute atomic E-state index is 13.9. The number of ether oxygens (including phenoxy) is 1. The van der Waals surface area contributed by atoms with E-state index in [9.17, 15) is 9.18 Å². The van der Waals surface area contributed by atoms with Crippen LogP contribution in [0.3, 0.4) is 0 Å². The van der Waals surface area contributed by atoms with E-state index in [1.807, 2.05) is 53.4 Å². The first-order valence-corrected chi connectivity index (χ1v) is 10.5. The molecule has 162 valence electrons. The molecule has 0 saturated carbocycles. The van der Waals surface area contributed by atoms with Gasteiger partial charge in [-0.2, -0.15) is 0 Å². The zero-order chi connectivity index (χ0) is 21.9. The Morgan fingerprint density at radius 1 is 1.00 bits per heavy atom. The van der Waals surface area contributed by atoms with E-state index in [2.05, 4.69) is 10.3 Å². The lowest BCUT2D eigenvalue weighted by molar-refractivity contribution is -0.123. The summed E-state index contributed by atoms with van der Waals surface area (Å²) in [5.41, 5.74) is 3.60. The average molecular weight is 431 g/mol. The molecule has 1 saturated heterocycles. The van der Waals surface area contributed by atoms with E-state index in [4.69, 9.17) is 9.15 Å². The van der Waals surface area contributed by atoms with E-state index >= 15 is 0 Å². The molecule has 2 heterocycles. The van der Waals surface area contributed by atoms with Gasteiger partial charge < -0.3 is 14.5 Å². The van der Waals surface area contributed by atoms with Gasteiger partial charge in [0.05, 0.1) is 13.2 Å². The minimum Gasteiger partial charge on any atom is -0.436 e. The maximum atomic E-state index is 13.9. The second-order valence-corrected chi connectivity index (χ2v) is 7.66. The molecular weight excluding hydrogens is 409 g/mol. The zero-order valence-electron chi connectivity index (χ0n) is 17.3. The number of para-hydroxylation sites is 2. The molecule has 1 aliphatic heterocycles. The molecule has 0 bridgehead atoms. The van der Waals surface area contributed by atoms with E-state index in [1.165, 1.54) is 12.1 Å². The first-order valence-electron chi connectivity index (χ1n) is 10.5. The number of hydrogen-bond acceptors (Lipinski definition) is 5. The molecular formula is C25H22FN3O3. The Labute approximate surface area is 184 Å². The summed E-state index contributed by atoms with van der Waals surface area (Å²) in [7, 11) is 0. The lowest BCUT2D eigenvalue weighted by Crippen LogP contribution is -2.43. The number of oxazole rings is 1.